The normalized spacial score (nSPS) is 23.1. The number of halogens is 1. The standard InChI is InChI=1S/C27H32FN5O6/c1-27(25(34)30-14-19-4-3-11-36-19)15-38-24(39-16-27)23-32-21(17-5-7-18(28)8-6-17)22(33-23)20-9-10-29-26(31-20)37-13-12-35-2/h5-10,19,24H,3-4,11-16H2,1-2H3,(H,30,34)(H,32,33). The first-order valence-corrected chi connectivity index (χ1v) is 12.9. The van der Waals surface area contributed by atoms with E-state index in [0.717, 1.165) is 19.4 Å². The lowest BCUT2D eigenvalue weighted by Crippen LogP contribution is -2.49. The zero-order valence-electron chi connectivity index (χ0n) is 21.9. The van der Waals surface area contributed by atoms with Crippen LogP contribution in [0.15, 0.2) is 36.5 Å². The second-order valence-electron chi connectivity index (χ2n) is 9.78. The van der Waals surface area contributed by atoms with Crippen molar-refractivity contribution in [2.75, 3.05) is 46.7 Å². The van der Waals surface area contributed by atoms with Crippen molar-refractivity contribution >= 4 is 5.91 Å². The molecule has 2 aliphatic rings. The number of aromatic amines is 1. The van der Waals surface area contributed by atoms with Crippen molar-refractivity contribution in [3.05, 3.63) is 48.2 Å². The largest absolute Gasteiger partial charge is 0.461 e. The number of amides is 1. The van der Waals surface area contributed by atoms with Gasteiger partial charge >= 0.3 is 6.01 Å². The molecule has 11 nitrogen and oxygen atoms in total. The summed E-state index contributed by atoms with van der Waals surface area (Å²) in [7, 11) is 1.58. The molecule has 1 atom stereocenters. The maximum Gasteiger partial charge on any atom is 0.317 e. The number of methoxy groups -OCH3 is 1. The predicted octanol–water partition coefficient (Wildman–Crippen LogP) is 3.04. The number of aromatic nitrogens is 4. The maximum absolute atomic E-state index is 13.6. The lowest BCUT2D eigenvalue weighted by Gasteiger charge is -2.35. The van der Waals surface area contributed by atoms with E-state index >= 15 is 0 Å². The molecule has 1 aromatic carbocycles. The lowest BCUT2D eigenvalue weighted by atomic mass is 9.91. The van der Waals surface area contributed by atoms with Gasteiger partial charge in [0.15, 0.2) is 5.82 Å². The highest BCUT2D eigenvalue weighted by atomic mass is 19.1. The first kappa shape index (κ1) is 27.1. The van der Waals surface area contributed by atoms with Crippen LogP contribution in [-0.2, 0) is 23.7 Å². The first-order chi connectivity index (χ1) is 18.9. The van der Waals surface area contributed by atoms with E-state index in [4.69, 9.17) is 28.7 Å². The predicted molar refractivity (Wildman–Crippen MR) is 137 cm³/mol. The van der Waals surface area contributed by atoms with E-state index in [1.54, 1.807) is 38.4 Å². The SMILES string of the molecule is COCCOc1nccc(-c2[nH]c(C3OCC(C)(C(=O)NCC4CCCO4)CO3)nc2-c2ccc(F)cc2)n1. The highest BCUT2D eigenvalue weighted by molar-refractivity contribution is 5.82. The molecule has 1 amide bonds. The maximum atomic E-state index is 13.6. The van der Waals surface area contributed by atoms with Crippen molar-refractivity contribution in [2.24, 2.45) is 5.41 Å². The topological polar surface area (TPSA) is 130 Å². The van der Waals surface area contributed by atoms with Crippen LogP contribution in [0, 0.1) is 11.2 Å². The summed E-state index contributed by atoms with van der Waals surface area (Å²) < 4.78 is 41.8. The number of imidazole rings is 1. The minimum atomic E-state index is -0.856. The summed E-state index contributed by atoms with van der Waals surface area (Å²) in [6, 6.07) is 7.89. The summed E-state index contributed by atoms with van der Waals surface area (Å²) in [5, 5.41) is 2.96. The Hall–Kier alpha value is -3.45. The van der Waals surface area contributed by atoms with Crippen molar-refractivity contribution in [1.29, 1.82) is 0 Å². The van der Waals surface area contributed by atoms with E-state index in [9.17, 15) is 9.18 Å². The zero-order valence-corrected chi connectivity index (χ0v) is 21.9. The van der Waals surface area contributed by atoms with Gasteiger partial charge in [0.2, 0.25) is 12.2 Å². The Bertz CT molecular complexity index is 1260. The van der Waals surface area contributed by atoms with Gasteiger partial charge in [0.05, 0.1) is 48.4 Å². The monoisotopic (exact) mass is 541 g/mol. The minimum absolute atomic E-state index is 0.0508. The second kappa shape index (κ2) is 12.2. The van der Waals surface area contributed by atoms with Gasteiger partial charge in [0, 0.05) is 32.0 Å². The smallest absolute Gasteiger partial charge is 0.317 e. The van der Waals surface area contributed by atoms with Crippen molar-refractivity contribution in [3.8, 4) is 28.7 Å². The number of carbonyl (C=O) groups excluding carboxylic acids is 1. The molecule has 5 rings (SSSR count). The summed E-state index contributed by atoms with van der Waals surface area (Å²) in [5.41, 5.74) is 1.42. The first-order valence-electron chi connectivity index (χ1n) is 12.9. The highest BCUT2D eigenvalue weighted by Gasteiger charge is 2.41. The van der Waals surface area contributed by atoms with Gasteiger partial charge in [-0.25, -0.2) is 14.4 Å². The summed E-state index contributed by atoms with van der Waals surface area (Å²) >= 11 is 0. The Morgan fingerprint density at radius 2 is 1.95 bits per heavy atom. The summed E-state index contributed by atoms with van der Waals surface area (Å²) in [4.78, 5) is 29.5. The van der Waals surface area contributed by atoms with Crippen LogP contribution in [0.3, 0.4) is 0 Å². The summed E-state index contributed by atoms with van der Waals surface area (Å²) in [6.45, 7) is 3.97. The van der Waals surface area contributed by atoms with Gasteiger partial charge in [0.1, 0.15) is 12.4 Å². The third kappa shape index (κ3) is 6.41. The van der Waals surface area contributed by atoms with Gasteiger partial charge < -0.3 is 34.0 Å². The van der Waals surface area contributed by atoms with Crippen LogP contribution in [0.5, 0.6) is 6.01 Å². The van der Waals surface area contributed by atoms with Gasteiger partial charge in [-0.2, -0.15) is 4.98 Å². The zero-order chi connectivity index (χ0) is 27.2. The number of ether oxygens (including phenoxy) is 5. The highest BCUT2D eigenvalue weighted by Crippen LogP contribution is 2.35. The fraction of sp³-hybridized carbons (Fsp3) is 0.481. The molecule has 1 unspecified atom stereocenters. The van der Waals surface area contributed by atoms with Crippen molar-refractivity contribution < 1.29 is 32.9 Å². The molecule has 208 valence electrons. The third-order valence-corrected chi connectivity index (χ3v) is 6.64. The van der Waals surface area contributed by atoms with Crippen LogP contribution in [0.1, 0.15) is 31.9 Å². The molecule has 4 heterocycles. The number of rotatable bonds is 10. The molecule has 39 heavy (non-hydrogen) atoms. The Morgan fingerprint density at radius 3 is 2.67 bits per heavy atom. The number of nitrogens with one attached hydrogen (secondary N) is 2. The van der Waals surface area contributed by atoms with Crippen LogP contribution >= 0.6 is 0 Å². The average molecular weight is 542 g/mol. The second-order valence-corrected chi connectivity index (χ2v) is 9.78. The molecule has 0 spiro atoms. The molecular weight excluding hydrogens is 509 g/mol. The number of nitrogens with zero attached hydrogens (tertiary/aromatic N) is 3. The molecule has 0 bridgehead atoms. The number of carbonyl (C=O) groups is 1. The number of benzene rings is 1. The molecule has 0 aliphatic carbocycles. The molecule has 3 aromatic rings. The summed E-state index contributed by atoms with van der Waals surface area (Å²) in [5.74, 6) is -0.111. The van der Waals surface area contributed by atoms with Crippen molar-refractivity contribution in [2.45, 2.75) is 32.2 Å². The number of H-pyrrole nitrogens is 1. The van der Waals surface area contributed by atoms with Gasteiger partial charge in [-0.05, 0) is 50.1 Å². The van der Waals surface area contributed by atoms with Crippen LogP contribution in [0.2, 0.25) is 0 Å². The van der Waals surface area contributed by atoms with E-state index < -0.39 is 11.7 Å². The third-order valence-electron chi connectivity index (χ3n) is 6.64. The van der Waals surface area contributed by atoms with Gasteiger partial charge in [-0.1, -0.05) is 0 Å². The molecular formula is C27H32FN5O6. The van der Waals surface area contributed by atoms with Gasteiger partial charge in [-0.3, -0.25) is 4.79 Å². The van der Waals surface area contributed by atoms with Gasteiger partial charge in [0.25, 0.3) is 0 Å². The van der Waals surface area contributed by atoms with Crippen LogP contribution < -0.4 is 10.1 Å². The van der Waals surface area contributed by atoms with E-state index in [2.05, 4.69) is 20.3 Å². The van der Waals surface area contributed by atoms with Gasteiger partial charge in [-0.15, -0.1) is 0 Å². The van der Waals surface area contributed by atoms with Crippen molar-refractivity contribution in [3.63, 3.8) is 0 Å². The molecule has 2 aromatic heterocycles. The fourth-order valence-electron chi connectivity index (χ4n) is 4.39. The van der Waals surface area contributed by atoms with E-state index in [1.165, 1.54) is 12.1 Å². The lowest BCUT2D eigenvalue weighted by molar-refractivity contribution is -0.231. The van der Waals surface area contributed by atoms with E-state index in [0.29, 0.717) is 48.2 Å². The Kier molecular flexibility index (Phi) is 8.46. The quantitative estimate of drug-likeness (QED) is 0.372. The Morgan fingerprint density at radius 1 is 1.15 bits per heavy atom. The molecule has 2 fully saturated rings. The Balaban J connectivity index is 1.34. The number of hydrogen-bond donors (Lipinski definition) is 2. The molecule has 2 N–H and O–H groups in total. The molecule has 0 saturated carbocycles. The molecule has 2 saturated heterocycles. The van der Waals surface area contributed by atoms with Crippen LogP contribution in [-0.4, -0.2) is 78.6 Å². The van der Waals surface area contributed by atoms with Crippen LogP contribution in [0.4, 0.5) is 4.39 Å². The summed E-state index contributed by atoms with van der Waals surface area (Å²) in [6.07, 6.45) is 2.74. The fourth-order valence-corrected chi connectivity index (χ4v) is 4.39. The van der Waals surface area contributed by atoms with E-state index in [-0.39, 0.29) is 37.1 Å². The molecule has 2 aliphatic heterocycles. The Labute approximate surface area is 225 Å². The molecule has 0 radical (unpaired) electrons. The molecule has 12 heteroatoms. The minimum Gasteiger partial charge on any atom is -0.461 e. The van der Waals surface area contributed by atoms with Crippen LogP contribution in [0.25, 0.3) is 22.6 Å². The average Bonchev–Trinajstić information content (AvgIpc) is 3.64. The van der Waals surface area contributed by atoms with Crippen molar-refractivity contribution in [1.82, 2.24) is 25.3 Å². The van der Waals surface area contributed by atoms with E-state index in [1.807, 2.05) is 0 Å². The number of hydrogen-bond acceptors (Lipinski definition) is 9.